The maximum atomic E-state index is 3.46. The summed E-state index contributed by atoms with van der Waals surface area (Å²) in [6.45, 7) is 0. The summed E-state index contributed by atoms with van der Waals surface area (Å²) < 4.78 is 0. The summed E-state index contributed by atoms with van der Waals surface area (Å²) in [5.41, 5.74) is 2.13. The Labute approximate surface area is 175 Å². The first-order valence-electron chi connectivity index (χ1n) is 10.2. The molecule has 6 aromatic carbocycles. The molecule has 0 bridgehead atoms. The maximum absolute atomic E-state index is 3.46. The maximum Gasteiger partial charge on any atom is 0.0327 e. The Kier molecular flexibility index (Phi) is 3.79. The average molecular weight is 378 g/mol. The van der Waals surface area contributed by atoms with E-state index in [0.29, 0.717) is 0 Å². The molecule has 6 aromatic rings. The Morgan fingerprint density at radius 2 is 0.733 bits per heavy atom. The summed E-state index contributed by atoms with van der Waals surface area (Å²) in [5.74, 6) is 6.92. The third kappa shape index (κ3) is 2.65. The van der Waals surface area contributed by atoms with Crippen LogP contribution in [0.2, 0.25) is 0 Å². The van der Waals surface area contributed by atoms with Gasteiger partial charge in [-0.15, -0.1) is 0 Å². The standard InChI is InChI=1S/C30H18/c1-3-11-25-21(7-1)17-19-27-23(9-5-13-29(25)27)15-16-24-10-6-14-30-26-12-4-2-8-22(26)18-20-28(24)30/h1-14,17-20H. The molecule has 0 fully saturated rings. The number of hydrogen-bond donors (Lipinski definition) is 0. The molecular weight excluding hydrogens is 360 g/mol. The molecule has 138 valence electrons. The van der Waals surface area contributed by atoms with Crippen molar-refractivity contribution in [2.24, 2.45) is 0 Å². The minimum atomic E-state index is 1.07. The average Bonchev–Trinajstić information content (AvgIpc) is 2.82. The van der Waals surface area contributed by atoms with E-state index in [1.165, 1.54) is 43.1 Å². The van der Waals surface area contributed by atoms with Crippen molar-refractivity contribution in [3.8, 4) is 11.8 Å². The van der Waals surface area contributed by atoms with E-state index < -0.39 is 0 Å². The van der Waals surface area contributed by atoms with Crippen molar-refractivity contribution in [2.45, 2.75) is 0 Å². The minimum Gasteiger partial charge on any atom is -0.0616 e. The highest BCUT2D eigenvalue weighted by Crippen LogP contribution is 2.29. The molecular formula is C30H18. The van der Waals surface area contributed by atoms with E-state index in [9.17, 15) is 0 Å². The molecule has 0 nitrogen and oxygen atoms in total. The van der Waals surface area contributed by atoms with Crippen LogP contribution < -0.4 is 0 Å². The van der Waals surface area contributed by atoms with Gasteiger partial charge in [-0.1, -0.05) is 109 Å². The lowest BCUT2D eigenvalue weighted by molar-refractivity contribution is 1.70. The number of rotatable bonds is 0. The van der Waals surface area contributed by atoms with Crippen molar-refractivity contribution in [1.82, 2.24) is 0 Å². The van der Waals surface area contributed by atoms with Gasteiger partial charge in [0.2, 0.25) is 0 Å². The zero-order chi connectivity index (χ0) is 19.9. The van der Waals surface area contributed by atoms with Gasteiger partial charge in [-0.2, -0.15) is 0 Å². The van der Waals surface area contributed by atoms with Crippen LogP contribution in [-0.2, 0) is 0 Å². The molecule has 6 rings (SSSR count). The normalized spacial score (nSPS) is 11.1. The van der Waals surface area contributed by atoms with Crippen LogP contribution in [-0.4, -0.2) is 0 Å². The molecule has 0 saturated heterocycles. The quantitative estimate of drug-likeness (QED) is 0.188. The van der Waals surface area contributed by atoms with Gasteiger partial charge in [0.1, 0.15) is 0 Å². The lowest BCUT2D eigenvalue weighted by atomic mass is 9.97. The summed E-state index contributed by atoms with van der Waals surface area (Å²) in [7, 11) is 0. The number of benzene rings is 6. The molecule has 0 N–H and O–H groups in total. The zero-order valence-corrected chi connectivity index (χ0v) is 16.4. The number of fused-ring (bicyclic) bond motifs is 6. The van der Waals surface area contributed by atoms with E-state index in [1.807, 2.05) is 0 Å². The van der Waals surface area contributed by atoms with Gasteiger partial charge in [0.15, 0.2) is 0 Å². The van der Waals surface area contributed by atoms with E-state index in [-0.39, 0.29) is 0 Å². The molecule has 0 heterocycles. The summed E-state index contributed by atoms with van der Waals surface area (Å²) in [4.78, 5) is 0. The van der Waals surface area contributed by atoms with Crippen molar-refractivity contribution >= 4 is 43.1 Å². The smallest absolute Gasteiger partial charge is 0.0327 e. The van der Waals surface area contributed by atoms with Crippen LogP contribution in [0.1, 0.15) is 11.1 Å². The van der Waals surface area contributed by atoms with Gasteiger partial charge in [0.25, 0.3) is 0 Å². The molecule has 0 saturated carbocycles. The Morgan fingerprint density at radius 3 is 1.23 bits per heavy atom. The van der Waals surface area contributed by atoms with Gasteiger partial charge in [0.05, 0.1) is 0 Å². The molecule has 0 unspecified atom stereocenters. The summed E-state index contributed by atoms with van der Waals surface area (Å²) in [5, 5.41) is 9.98. The van der Waals surface area contributed by atoms with Gasteiger partial charge in [-0.05, 0) is 55.2 Å². The van der Waals surface area contributed by atoms with E-state index in [0.717, 1.165) is 11.1 Å². The third-order valence-electron chi connectivity index (χ3n) is 5.91. The Balaban J connectivity index is 1.55. The molecule has 30 heavy (non-hydrogen) atoms. The highest BCUT2D eigenvalue weighted by atomic mass is 14.1. The largest absolute Gasteiger partial charge is 0.0616 e. The molecule has 0 atom stereocenters. The fourth-order valence-electron chi connectivity index (χ4n) is 4.43. The van der Waals surface area contributed by atoms with Gasteiger partial charge in [-0.25, -0.2) is 0 Å². The molecule has 0 spiro atoms. The highest BCUT2D eigenvalue weighted by molar-refractivity contribution is 6.10. The van der Waals surface area contributed by atoms with Gasteiger partial charge in [0, 0.05) is 11.1 Å². The molecule has 0 amide bonds. The fourth-order valence-corrected chi connectivity index (χ4v) is 4.43. The van der Waals surface area contributed by atoms with Crippen molar-refractivity contribution in [2.75, 3.05) is 0 Å². The molecule has 0 aromatic heterocycles. The predicted octanol–water partition coefficient (Wildman–Crippen LogP) is 7.70. The van der Waals surface area contributed by atoms with Crippen molar-refractivity contribution in [3.05, 3.63) is 120 Å². The molecule has 0 radical (unpaired) electrons. The van der Waals surface area contributed by atoms with E-state index >= 15 is 0 Å². The summed E-state index contributed by atoms with van der Waals surface area (Å²) in [6.07, 6.45) is 0. The first-order chi connectivity index (χ1) is 14.9. The second-order valence-electron chi connectivity index (χ2n) is 7.62. The second-order valence-corrected chi connectivity index (χ2v) is 7.62. The predicted molar refractivity (Wildman–Crippen MR) is 129 cm³/mol. The Hall–Kier alpha value is -4.08. The summed E-state index contributed by atoms with van der Waals surface area (Å²) >= 11 is 0. The van der Waals surface area contributed by atoms with Crippen LogP contribution in [0.15, 0.2) is 109 Å². The third-order valence-corrected chi connectivity index (χ3v) is 5.91. The van der Waals surface area contributed by atoms with Crippen LogP contribution in [0, 0.1) is 11.8 Å². The zero-order valence-electron chi connectivity index (χ0n) is 16.4. The van der Waals surface area contributed by atoms with Crippen LogP contribution >= 0.6 is 0 Å². The summed E-state index contributed by atoms with van der Waals surface area (Å²) in [6, 6.07) is 38.6. The highest BCUT2D eigenvalue weighted by Gasteiger charge is 2.05. The number of hydrogen-bond acceptors (Lipinski definition) is 0. The molecule has 0 heteroatoms. The lowest BCUT2D eigenvalue weighted by Gasteiger charge is -2.06. The minimum absolute atomic E-state index is 1.07. The van der Waals surface area contributed by atoms with Crippen LogP contribution in [0.5, 0.6) is 0 Å². The van der Waals surface area contributed by atoms with Gasteiger partial charge >= 0.3 is 0 Å². The topological polar surface area (TPSA) is 0 Å². The van der Waals surface area contributed by atoms with Crippen molar-refractivity contribution in [1.29, 1.82) is 0 Å². The van der Waals surface area contributed by atoms with E-state index in [4.69, 9.17) is 0 Å². The van der Waals surface area contributed by atoms with Crippen LogP contribution in [0.25, 0.3) is 43.1 Å². The fraction of sp³-hybridized carbons (Fsp3) is 0. The Bertz CT molecular complexity index is 1520. The van der Waals surface area contributed by atoms with E-state index in [1.54, 1.807) is 0 Å². The molecule has 0 aliphatic heterocycles. The monoisotopic (exact) mass is 378 g/mol. The first-order valence-corrected chi connectivity index (χ1v) is 10.2. The van der Waals surface area contributed by atoms with Crippen molar-refractivity contribution in [3.63, 3.8) is 0 Å². The Morgan fingerprint density at radius 1 is 0.300 bits per heavy atom. The van der Waals surface area contributed by atoms with Gasteiger partial charge < -0.3 is 0 Å². The second kappa shape index (κ2) is 6.76. The van der Waals surface area contributed by atoms with Crippen LogP contribution in [0.4, 0.5) is 0 Å². The van der Waals surface area contributed by atoms with Crippen LogP contribution in [0.3, 0.4) is 0 Å². The SMILES string of the molecule is C(#Cc1cccc2c1ccc1ccccc12)c1cccc2c1ccc1ccccc12. The van der Waals surface area contributed by atoms with Crippen molar-refractivity contribution < 1.29 is 0 Å². The molecule has 0 aliphatic rings. The van der Waals surface area contributed by atoms with E-state index in [2.05, 4.69) is 121 Å². The first kappa shape index (κ1) is 16.8. The lowest BCUT2D eigenvalue weighted by Crippen LogP contribution is -1.84. The molecule has 0 aliphatic carbocycles. The van der Waals surface area contributed by atoms with Gasteiger partial charge in [-0.3, -0.25) is 0 Å².